The third-order valence-corrected chi connectivity index (χ3v) is 10.4. The first-order valence-corrected chi connectivity index (χ1v) is 14.2. The summed E-state index contributed by atoms with van der Waals surface area (Å²) >= 11 is 7.90. The maximum Gasteiger partial charge on any atom is 0.248 e. The van der Waals surface area contributed by atoms with Gasteiger partial charge in [-0.25, -0.2) is 0 Å². The number of carbonyl (C=O) groups excluding carboxylic acids is 3. The fraction of sp³-hybridized carbons (Fsp3) is 0.464. The molecule has 3 aliphatic heterocycles. The summed E-state index contributed by atoms with van der Waals surface area (Å²) in [4.78, 5) is 43.1. The van der Waals surface area contributed by atoms with Crippen molar-refractivity contribution < 1.29 is 24.2 Å². The zero-order valence-electron chi connectivity index (χ0n) is 21.5. The van der Waals surface area contributed by atoms with Gasteiger partial charge in [-0.3, -0.25) is 14.4 Å². The average molecular weight is 558 g/mol. The lowest BCUT2D eigenvalue weighted by atomic mass is 9.66. The van der Waals surface area contributed by atoms with Gasteiger partial charge in [0.25, 0.3) is 0 Å². The highest BCUT2D eigenvalue weighted by molar-refractivity contribution is 8.02. The Balaban J connectivity index is 1.47. The molecule has 0 radical (unpaired) electrons. The van der Waals surface area contributed by atoms with Crippen LogP contribution in [-0.2, 0) is 14.4 Å². The number of ether oxygens (including phenoxy) is 1. The van der Waals surface area contributed by atoms with Gasteiger partial charge in [-0.05, 0) is 62.6 Å². The lowest BCUT2D eigenvalue weighted by molar-refractivity contribution is -0.140. The van der Waals surface area contributed by atoms with E-state index in [1.165, 1.54) is 4.90 Å². The largest absolute Gasteiger partial charge is 0.494 e. The number of aliphatic hydroxyl groups excluding tert-OH is 1. The number of benzene rings is 2. The maximum atomic E-state index is 14.0. The van der Waals surface area contributed by atoms with E-state index in [-0.39, 0.29) is 35.5 Å². The SMILES string of the molecule is CCOc1ccc(NC(=O)[C@@H]2[C@@H]3CC(C)C4(S3)C(C(=O)Nc3ccccc3Cl)N([C@H](C)CO)C(=O)[C@H]24)cc1. The molecule has 0 aromatic heterocycles. The van der Waals surface area contributed by atoms with Crippen molar-refractivity contribution in [1.82, 2.24) is 4.90 Å². The van der Waals surface area contributed by atoms with Gasteiger partial charge in [-0.1, -0.05) is 30.7 Å². The minimum Gasteiger partial charge on any atom is -0.494 e. The van der Waals surface area contributed by atoms with Gasteiger partial charge in [-0.15, -0.1) is 11.8 Å². The van der Waals surface area contributed by atoms with Crippen LogP contribution in [0.5, 0.6) is 5.75 Å². The van der Waals surface area contributed by atoms with E-state index >= 15 is 0 Å². The van der Waals surface area contributed by atoms with Gasteiger partial charge >= 0.3 is 0 Å². The highest BCUT2D eigenvalue weighted by atomic mass is 35.5. The monoisotopic (exact) mass is 557 g/mol. The summed E-state index contributed by atoms with van der Waals surface area (Å²) < 4.78 is 4.69. The Labute approximate surface area is 231 Å². The van der Waals surface area contributed by atoms with E-state index in [4.69, 9.17) is 16.3 Å². The van der Waals surface area contributed by atoms with E-state index in [9.17, 15) is 19.5 Å². The molecule has 3 aliphatic rings. The molecular formula is C28H32ClN3O5S. The van der Waals surface area contributed by atoms with Crippen LogP contribution >= 0.6 is 23.4 Å². The van der Waals surface area contributed by atoms with Crippen LogP contribution in [0.25, 0.3) is 0 Å². The van der Waals surface area contributed by atoms with Gasteiger partial charge in [0, 0.05) is 10.9 Å². The molecule has 5 rings (SSSR count). The summed E-state index contributed by atoms with van der Waals surface area (Å²) in [7, 11) is 0. The summed E-state index contributed by atoms with van der Waals surface area (Å²) in [5.41, 5.74) is 1.07. The Morgan fingerprint density at radius 3 is 2.55 bits per heavy atom. The minimum absolute atomic E-state index is 0.0128. The van der Waals surface area contributed by atoms with E-state index < -0.39 is 28.7 Å². The molecule has 3 N–H and O–H groups in total. The number of amides is 3. The molecule has 2 aromatic carbocycles. The Morgan fingerprint density at radius 2 is 1.89 bits per heavy atom. The quantitative estimate of drug-likeness (QED) is 0.452. The summed E-state index contributed by atoms with van der Waals surface area (Å²) in [6, 6.07) is 12.6. The van der Waals surface area contributed by atoms with Gasteiger partial charge < -0.3 is 25.4 Å². The van der Waals surface area contributed by atoms with Crippen molar-refractivity contribution in [2.75, 3.05) is 23.8 Å². The van der Waals surface area contributed by atoms with E-state index in [1.807, 2.05) is 6.92 Å². The number of hydrogen-bond acceptors (Lipinski definition) is 6. The maximum absolute atomic E-state index is 14.0. The number of carbonyl (C=O) groups is 3. The third-order valence-electron chi connectivity index (χ3n) is 8.04. The standard InChI is InChI=1S/C28H32ClN3O5S/c1-4-37-18-11-9-17(10-12-18)30-25(34)22-21-13-15(2)28(38-21)23(22)27(36)32(16(3)14-33)24(28)26(35)31-20-8-6-5-7-19(20)29/h5-12,15-16,21-24,33H,4,13-14H2,1-3H3,(H,30,34)(H,31,35)/t15?,16-,21+,22-,23+,24?,28?/m1/s1. The molecule has 10 heteroatoms. The number of halogens is 1. The fourth-order valence-corrected chi connectivity index (χ4v) is 9.00. The fourth-order valence-electron chi connectivity index (χ4n) is 6.41. The van der Waals surface area contributed by atoms with Crippen LogP contribution < -0.4 is 15.4 Å². The molecule has 8 nitrogen and oxygen atoms in total. The van der Waals surface area contributed by atoms with Crippen LogP contribution in [0.4, 0.5) is 11.4 Å². The minimum atomic E-state index is -0.855. The number of fused-ring (bicyclic) bond motifs is 1. The van der Waals surface area contributed by atoms with Crippen LogP contribution in [0, 0.1) is 17.8 Å². The number of likely N-dealkylation sites (tertiary alicyclic amines) is 1. The molecule has 2 aromatic rings. The van der Waals surface area contributed by atoms with E-state index in [1.54, 1.807) is 67.2 Å². The zero-order chi connectivity index (χ0) is 27.2. The molecular weight excluding hydrogens is 526 g/mol. The van der Waals surface area contributed by atoms with Crippen LogP contribution in [0.1, 0.15) is 27.2 Å². The number of nitrogens with one attached hydrogen (secondary N) is 2. The average Bonchev–Trinajstić information content (AvgIpc) is 3.50. The van der Waals surface area contributed by atoms with Crippen LogP contribution in [-0.4, -0.2) is 63.0 Å². The summed E-state index contributed by atoms with van der Waals surface area (Å²) in [6.07, 6.45) is 0.715. The van der Waals surface area contributed by atoms with Gasteiger partial charge in [0.15, 0.2) is 0 Å². The Hall–Kier alpha value is -2.75. The zero-order valence-corrected chi connectivity index (χ0v) is 23.1. The van der Waals surface area contributed by atoms with Crippen molar-refractivity contribution in [2.45, 2.75) is 49.3 Å². The number of nitrogens with zero attached hydrogens (tertiary/aromatic N) is 1. The smallest absolute Gasteiger partial charge is 0.248 e. The molecule has 202 valence electrons. The Morgan fingerprint density at radius 1 is 1.18 bits per heavy atom. The van der Waals surface area contributed by atoms with Gasteiger partial charge in [-0.2, -0.15) is 0 Å². The number of anilines is 2. The third kappa shape index (κ3) is 4.25. The van der Waals surface area contributed by atoms with Crippen LogP contribution in [0.3, 0.4) is 0 Å². The van der Waals surface area contributed by atoms with Crippen molar-refractivity contribution in [2.24, 2.45) is 17.8 Å². The molecule has 3 saturated heterocycles. The first-order valence-electron chi connectivity index (χ1n) is 12.9. The number of para-hydroxylation sites is 1. The lowest BCUT2D eigenvalue weighted by Gasteiger charge is -2.39. The van der Waals surface area contributed by atoms with Gasteiger partial charge in [0.1, 0.15) is 11.8 Å². The normalized spacial score (nSPS) is 30.2. The van der Waals surface area contributed by atoms with Crippen molar-refractivity contribution in [3.05, 3.63) is 53.6 Å². The number of rotatable bonds is 8. The molecule has 7 atom stereocenters. The van der Waals surface area contributed by atoms with Crippen molar-refractivity contribution in [1.29, 1.82) is 0 Å². The number of thioether (sulfide) groups is 1. The second-order valence-electron chi connectivity index (χ2n) is 10.2. The Kier molecular flexibility index (Phi) is 7.37. The predicted molar refractivity (Wildman–Crippen MR) is 148 cm³/mol. The lowest BCUT2D eigenvalue weighted by Crippen LogP contribution is -2.56. The Bertz CT molecular complexity index is 1240. The second-order valence-corrected chi connectivity index (χ2v) is 12.2. The first-order chi connectivity index (χ1) is 18.2. The topological polar surface area (TPSA) is 108 Å². The van der Waals surface area contributed by atoms with Crippen molar-refractivity contribution in [3.63, 3.8) is 0 Å². The number of hydrogen-bond donors (Lipinski definition) is 3. The molecule has 3 heterocycles. The van der Waals surface area contributed by atoms with Crippen LogP contribution in [0.15, 0.2) is 48.5 Å². The second kappa shape index (κ2) is 10.4. The molecule has 3 amide bonds. The molecule has 1 spiro atoms. The molecule has 2 bridgehead atoms. The van der Waals surface area contributed by atoms with E-state index in [0.717, 1.165) is 0 Å². The molecule has 0 aliphatic carbocycles. The van der Waals surface area contributed by atoms with Crippen LogP contribution in [0.2, 0.25) is 5.02 Å². The molecule has 0 saturated carbocycles. The summed E-state index contributed by atoms with van der Waals surface area (Å²) in [5, 5.41) is 16.2. The molecule has 38 heavy (non-hydrogen) atoms. The van der Waals surface area contributed by atoms with Crippen molar-refractivity contribution in [3.8, 4) is 5.75 Å². The first kappa shape index (κ1) is 26.8. The van der Waals surface area contributed by atoms with Gasteiger partial charge in [0.2, 0.25) is 17.7 Å². The van der Waals surface area contributed by atoms with Crippen molar-refractivity contribution >= 4 is 52.5 Å². The molecule has 3 unspecified atom stereocenters. The predicted octanol–water partition coefficient (Wildman–Crippen LogP) is 4.03. The highest BCUT2D eigenvalue weighted by Crippen LogP contribution is 2.68. The van der Waals surface area contributed by atoms with E-state index in [0.29, 0.717) is 35.2 Å². The summed E-state index contributed by atoms with van der Waals surface area (Å²) in [6.45, 7) is 5.93. The van der Waals surface area contributed by atoms with Gasteiger partial charge in [0.05, 0.1) is 46.5 Å². The highest BCUT2D eigenvalue weighted by Gasteiger charge is 2.76. The molecule has 3 fully saturated rings. The summed E-state index contributed by atoms with van der Waals surface area (Å²) in [5.74, 6) is -1.41. The van der Waals surface area contributed by atoms with E-state index in [2.05, 4.69) is 17.6 Å². The number of aliphatic hydroxyl groups is 1.